The smallest absolute Gasteiger partial charge is 0.155 e. The first-order valence-corrected chi connectivity index (χ1v) is 34.0. The third-order valence-corrected chi connectivity index (χ3v) is 22.9. The van der Waals surface area contributed by atoms with E-state index in [9.17, 15) is 0 Å². The van der Waals surface area contributed by atoms with Gasteiger partial charge in [0.1, 0.15) is 0 Å². The third kappa shape index (κ3) is 7.61. The number of para-hydroxylation sites is 4. The normalized spacial score (nSPS) is 14.5. The summed E-state index contributed by atoms with van der Waals surface area (Å²) in [5, 5.41) is 14.0. The fourth-order valence-electron chi connectivity index (χ4n) is 15.6. The van der Waals surface area contributed by atoms with E-state index in [1.165, 1.54) is 161 Å². The molecule has 8 heteroatoms. The molecule has 18 aromatic rings. The number of hydrogen-bond acceptors (Lipinski definition) is 4. The Kier molecular flexibility index (Phi) is 11.3. The summed E-state index contributed by atoms with van der Waals surface area (Å²) >= 11 is 5.71. The van der Waals surface area contributed by atoms with Crippen LogP contribution >= 0.6 is 34.4 Å². The van der Waals surface area contributed by atoms with Gasteiger partial charge in [0, 0.05) is 96.7 Å². The minimum Gasteiger partial charge on any atom is -0.324 e. The van der Waals surface area contributed by atoms with E-state index >= 15 is 0 Å². The van der Waals surface area contributed by atoms with Crippen molar-refractivity contribution in [3.63, 3.8) is 0 Å². The number of rotatable bonds is 7. The maximum Gasteiger partial charge on any atom is 0.155 e. The third-order valence-electron chi connectivity index (χ3n) is 19.5. The van der Waals surface area contributed by atoms with Crippen LogP contribution in [0, 0.1) is 0 Å². The average molecular weight is 1220 g/mol. The Morgan fingerprint density at radius 1 is 0.385 bits per heavy atom. The van der Waals surface area contributed by atoms with Gasteiger partial charge in [0.05, 0.1) is 54.4 Å². The summed E-state index contributed by atoms with van der Waals surface area (Å²) in [5.41, 5.74) is 20.8. The Labute approximate surface area is 535 Å². The van der Waals surface area contributed by atoms with Gasteiger partial charge < -0.3 is 13.7 Å². The number of pyridine rings is 1. The summed E-state index contributed by atoms with van der Waals surface area (Å²) in [6, 6.07) is 90.9. The Bertz CT molecular complexity index is 6250. The van der Waals surface area contributed by atoms with Crippen molar-refractivity contribution < 1.29 is 0 Å². The number of thiophene rings is 2. The molecule has 1 atom stereocenters. The lowest BCUT2D eigenvalue weighted by Crippen LogP contribution is -2.03. The molecule has 91 heavy (non-hydrogen) atoms. The molecule has 5 nitrogen and oxygen atoms in total. The Hall–Kier alpha value is -10.5. The summed E-state index contributed by atoms with van der Waals surface area (Å²) in [6.07, 6.45) is 15.9. The molecule has 20 rings (SSSR count). The molecule has 0 bridgehead atoms. The Morgan fingerprint density at radius 2 is 0.956 bits per heavy atom. The van der Waals surface area contributed by atoms with E-state index in [1.807, 2.05) is 40.6 Å². The summed E-state index contributed by atoms with van der Waals surface area (Å²) in [5.74, 6) is 1.91. The molecule has 2 aliphatic rings. The van der Waals surface area contributed by atoms with Crippen LogP contribution in [0.5, 0.6) is 0 Å². The number of benzene rings is 11. The van der Waals surface area contributed by atoms with Gasteiger partial charge in [0.15, 0.2) is 5.82 Å². The van der Waals surface area contributed by atoms with E-state index in [0.717, 1.165) is 35.8 Å². The van der Waals surface area contributed by atoms with Crippen LogP contribution in [0.1, 0.15) is 28.6 Å². The molecule has 0 fully saturated rings. The standard InChI is InChI=1S/C83H53N5S3/c1-8-32-69-56(21-1)57-22-2-9-33-70(57)88(69)83-82-63(43-44-84-83)67-49-54(40-42-77(67)91-82)86-72-35-11-5-26-65(72)80-61(29-16-37-75(80)86)60-28-15-36-74-79(60)64-25-4-10-34-71(64)85(74)53-39-41-73-66(48-53)58-23-3-7-31-68(58)87(73)78-47-51(20-17-45-89-78)50-18-13-19-52(46-50)55-27-14-30-62-59-24-6-12-38-76(59)90-81(55)62/h1,3-21,23-44,46-49,78H,2,22,45H2. The fourth-order valence-corrected chi connectivity index (χ4v) is 19.0. The van der Waals surface area contributed by atoms with Crippen molar-refractivity contribution in [2.75, 3.05) is 5.75 Å². The fraction of sp³-hybridized carbons (Fsp3) is 0.0482. The summed E-state index contributed by atoms with van der Waals surface area (Å²) < 4.78 is 15.1. The zero-order chi connectivity index (χ0) is 59.4. The molecule has 0 N–H and O–H groups in total. The zero-order valence-corrected chi connectivity index (χ0v) is 51.7. The summed E-state index contributed by atoms with van der Waals surface area (Å²) in [4.78, 5) is 5.15. The second-order valence-corrected chi connectivity index (χ2v) is 27.5. The van der Waals surface area contributed by atoms with Crippen molar-refractivity contribution in [3.8, 4) is 39.4 Å². The van der Waals surface area contributed by atoms with Gasteiger partial charge in [-0.3, -0.25) is 4.57 Å². The molecule has 428 valence electrons. The summed E-state index contributed by atoms with van der Waals surface area (Å²) in [6.45, 7) is 0. The molecule has 1 aliphatic heterocycles. The van der Waals surface area contributed by atoms with Crippen LogP contribution in [0.2, 0.25) is 0 Å². The molecule has 0 radical (unpaired) electrons. The van der Waals surface area contributed by atoms with E-state index in [0.29, 0.717) is 0 Å². The number of aromatic nitrogens is 5. The Balaban J connectivity index is 0.707. The summed E-state index contributed by atoms with van der Waals surface area (Å²) in [7, 11) is 0. The van der Waals surface area contributed by atoms with Gasteiger partial charge in [-0.05, 0) is 155 Å². The van der Waals surface area contributed by atoms with Gasteiger partial charge >= 0.3 is 0 Å². The maximum atomic E-state index is 5.15. The lowest BCUT2D eigenvalue weighted by atomic mass is 9.95. The molecule has 0 amide bonds. The van der Waals surface area contributed by atoms with Crippen molar-refractivity contribution in [1.82, 2.24) is 23.3 Å². The molecule has 1 aliphatic carbocycles. The number of allylic oxidation sites excluding steroid dienone is 3. The highest BCUT2D eigenvalue weighted by Crippen LogP contribution is 2.48. The first-order valence-electron chi connectivity index (χ1n) is 31.4. The largest absolute Gasteiger partial charge is 0.324 e. The van der Waals surface area contributed by atoms with Crippen LogP contribution in [-0.2, 0) is 6.42 Å². The van der Waals surface area contributed by atoms with E-state index in [2.05, 4.69) is 291 Å². The number of aryl methyl sites for hydroxylation is 1. The van der Waals surface area contributed by atoms with Crippen LogP contribution in [0.25, 0.3) is 168 Å². The number of fused-ring (bicyclic) bond motifs is 18. The topological polar surface area (TPSA) is 32.6 Å². The predicted octanol–water partition coefficient (Wildman–Crippen LogP) is 23.2. The second-order valence-electron chi connectivity index (χ2n) is 24.3. The van der Waals surface area contributed by atoms with E-state index in [1.54, 1.807) is 0 Å². The van der Waals surface area contributed by atoms with Gasteiger partial charge in [0.2, 0.25) is 0 Å². The van der Waals surface area contributed by atoms with Gasteiger partial charge in [-0.2, -0.15) is 0 Å². The van der Waals surface area contributed by atoms with Crippen molar-refractivity contribution >= 4 is 163 Å². The highest BCUT2D eigenvalue weighted by Gasteiger charge is 2.26. The van der Waals surface area contributed by atoms with Crippen LogP contribution in [-0.4, -0.2) is 29.0 Å². The van der Waals surface area contributed by atoms with Gasteiger partial charge in [0.25, 0.3) is 0 Å². The molecule has 7 aromatic heterocycles. The van der Waals surface area contributed by atoms with Crippen LogP contribution < -0.4 is 0 Å². The molecule has 8 heterocycles. The van der Waals surface area contributed by atoms with E-state index in [4.69, 9.17) is 4.98 Å². The molecule has 0 spiro atoms. The average Bonchev–Trinajstić information content (AvgIpc) is 1.58. The lowest BCUT2D eigenvalue weighted by molar-refractivity contribution is 0.875. The van der Waals surface area contributed by atoms with Crippen molar-refractivity contribution in [2.24, 2.45) is 0 Å². The molecule has 1 unspecified atom stereocenters. The monoisotopic (exact) mass is 1220 g/mol. The predicted molar refractivity (Wildman–Crippen MR) is 392 cm³/mol. The highest BCUT2D eigenvalue weighted by atomic mass is 32.2. The number of hydrogen-bond donors (Lipinski definition) is 0. The van der Waals surface area contributed by atoms with Crippen molar-refractivity contribution in [2.45, 2.75) is 18.2 Å². The molecular formula is C83H53N5S3. The van der Waals surface area contributed by atoms with Gasteiger partial charge in [-0.1, -0.05) is 170 Å². The molecule has 0 saturated carbocycles. The maximum absolute atomic E-state index is 5.15. The van der Waals surface area contributed by atoms with Gasteiger partial charge in [-0.25, -0.2) is 4.98 Å². The molecular weight excluding hydrogens is 1160 g/mol. The molecule has 11 aromatic carbocycles. The van der Waals surface area contributed by atoms with Gasteiger partial charge in [-0.15, -0.1) is 34.4 Å². The van der Waals surface area contributed by atoms with Crippen molar-refractivity contribution in [1.29, 1.82) is 0 Å². The highest BCUT2D eigenvalue weighted by molar-refractivity contribution is 7.99. The number of thioether (sulfide) groups is 1. The number of nitrogens with zero attached hydrogens (tertiary/aromatic N) is 5. The minimum atomic E-state index is 0.0570. The minimum absolute atomic E-state index is 0.0570. The van der Waals surface area contributed by atoms with Crippen LogP contribution in [0.15, 0.2) is 273 Å². The zero-order valence-electron chi connectivity index (χ0n) is 49.2. The first-order chi connectivity index (χ1) is 45.2. The van der Waals surface area contributed by atoms with Crippen LogP contribution in [0.3, 0.4) is 0 Å². The lowest BCUT2D eigenvalue weighted by Gasteiger charge is -2.18. The quantitative estimate of drug-likeness (QED) is 0.159. The molecule has 0 saturated heterocycles. The first kappa shape index (κ1) is 51.4. The SMILES string of the molecule is C1=Cc2c(c3ccccc3n2-c2nccc3c2sc2ccc(-n4c5ccccc5c5c(-c6cccc7c6c6ccccc6n7-c6ccc7c(c6)c6ccccc6n7C6C=C(c7cccc(-c8cccc9c8sc8ccccc89)c7)C=CCS6)cccc54)cc23)CC1. The second kappa shape index (κ2) is 20.0. The van der Waals surface area contributed by atoms with Crippen molar-refractivity contribution in [3.05, 3.63) is 290 Å². The Morgan fingerprint density at radius 3 is 1.74 bits per heavy atom. The van der Waals surface area contributed by atoms with Crippen LogP contribution in [0.4, 0.5) is 0 Å². The van der Waals surface area contributed by atoms with E-state index < -0.39 is 0 Å². The van der Waals surface area contributed by atoms with E-state index in [-0.39, 0.29) is 5.37 Å².